The summed E-state index contributed by atoms with van der Waals surface area (Å²) in [6.45, 7) is 3.05. The fraction of sp³-hybridized carbons (Fsp3) is 1.00. The number of nitrogens with zero attached hydrogens (tertiary/aromatic N) is 3. The van der Waals surface area contributed by atoms with Crippen LogP contribution in [-0.2, 0) is 10.2 Å². The van der Waals surface area contributed by atoms with E-state index in [0.717, 1.165) is 19.1 Å². The molecule has 88 valence electrons. The highest BCUT2D eigenvalue weighted by Gasteiger charge is 2.34. The van der Waals surface area contributed by atoms with Gasteiger partial charge in [-0.1, -0.05) is 0 Å². The fourth-order valence-electron chi connectivity index (χ4n) is 1.97. The summed E-state index contributed by atoms with van der Waals surface area (Å²) in [7, 11) is -0.0168. The molecule has 0 aromatic rings. The largest absolute Gasteiger partial charge is 0.298 e. The smallest absolute Gasteiger partial charge is 0.281 e. The molecule has 2 fully saturated rings. The third-order valence-electron chi connectivity index (χ3n) is 3.12. The van der Waals surface area contributed by atoms with Crippen LogP contribution in [0.25, 0.3) is 0 Å². The van der Waals surface area contributed by atoms with Gasteiger partial charge in [0.1, 0.15) is 0 Å². The average Bonchev–Trinajstić information content (AvgIpc) is 3.01. The second-order valence-corrected chi connectivity index (χ2v) is 6.60. The Morgan fingerprint density at radius 3 is 2.00 bits per heavy atom. The van der Waals surface area contributed by atoms with Crippen LogP contribution in [0.1, 0.15) is 12.8 Å². The highest BCUT2D eigenvalue weighted by atomic mass is 32.2. The van der Waals surface area contributed by atoms with Crippen molar-refractivity contribution >= 4 is 10.2 Å². The SMILES string of the molecule is CN(C)S(=O)(=O)N1CCN(C2CC2)CC1. The van der Waals surface area contributed by atoms with E-state index in [1.165, 1.54) is 17.1 Å². The third kappa shape index (κ3) is 2.33. The fourth-order valence-corrected chi connectivity index (χ4v) is 3.06. The normalized spacial score (nSPS) is 26.1. The Morgan fingerprint density at radius 2 is 1.60 bits per heavy atom. The van der Waals surface area contributed by atoms with Crippen LogP contribution in [0.2, 0.25) is 0 Å². The molecule has 2 aliphatic rings. The predicted molar refractivity (Wildman–Crippen MR) is 58.8 cm³/mol. The lowest BCUT2D eigenvalue weighted by molar-refractivity contribution is 0.176. The zero-order valence-electron chi connectivity index (χ0n) is 9.39. The maximum atomic E-state index is 11.8. The van der Waals surface area contributed by atoms with Crippen LogP contribution in [0.5, 0.6) is 0 Å². The van der Waals surface area contributed by atoms with Gasteiger partial charge in [0.25, 0.3) is 10.2 Å². The van der Waals surface area contributed by atoms with Crippen LogP contribution in [0.15, 0.2) is 0 Å². The van der Waals surface area contributed by atoms with E-state index in [2.05, 4.69) is 4.90 Å². The Bertz CT molecular complexity index is 316. The van der Waals surface area contributed by atoms with Gasteiger partial charge in [0.15, 0.2) is 0 Å². The lowest BCUT2D eigenvalue weighted by atomic mass is 10.3. The van der Waals surface area contributed by atoms with E-state index in [-0.39, 0.29) is 0 Å². The van der Waals surface area contributed by atoms with E-state index in [9.17, 15) is 8.42 Å². The van der Waals surface area contributed by atoms with E-state index >= 15 is 0 Å². The molecule has 6 heteroatoms. The Kier molecular flexibility index (Phi) is 3.03. The Labute approximate surface area is 91.8 Å². The number of hydrogen-bond donors (Lipinski definition) is 0. The number of piperazine rings is 1. The predicted octanol–water partition coefficient (Wildman–Crippen LogP) is -0.427. The number of rotatable bonds is 3. The molecule has 0 radical (unpaired) electrons. The molecule has 0 N–H and O–H groups in total. The summed E-state index contributed by atoms with van der Waals surface area (Å²) in [5.41, 5.74) is 0. The Balaban J connectivity index is 1.92. The monoisotopic (exact) mass is 233 g/mol. The van der Waals surface area contributed by atoms with Crippen molar-refractivity contribution in [1.29, 1.82) is 0 Å². The molecular weight excluding hydrogens is 214 g/mol. The summed E-state index contributed by atoms with van der Waals surface area (Å²) < 4.78 is 26.5. The quantitative estimate of drug-likeness (QED) is 0.664. The molecule has 0 unspecified atom stereocenters. The molecule has 0 atom stereocenters. The minimum atomic E-state index is -3.19. The van der Waals surface area contributed by atoms with Gasteiger partial charge >= 0.3 is 0 Å². The number of hydrogen-bond acceptors (Lipinski definition) is 3. The topological polar surface area (TPSA) is 43.9 Å². The molecule has 1 saturated carbocycles. The van der Waals surface area contributed by atoms with Crippen LogP contribution in [0.4, 0.5) is 0 Å². The second kappa shape index (κ2) is 4.01. The van der Waals surface area contributed by atoms with Gasteiger partial charge in [-0.3, -0.25) is 4.90 Å². The summed E-state index contributed by atoms with van der Waals surface area (Å²) in [6.07, 6.45) is 2.58. The van der Waals surface area contributed by atoms with Crippen molar-refractivity contribution in [1.82, 2.24) is 13.5 Å². The van der Waals surface area contributed by atoms with E-state index < -0.39 is 10.2 Å². The average molecular weight is 233 g/mol. The Morgan fingerprint density at radius 1 is 1.07 bits per heavy atom. The summed E-state index contributed by atoms with van der Waals surface area (Å²) in [4.78, 5) is 2.40. The lowest BCUT2D eigenvalue weighted by Crippen LogP contribution is -2.52. The molecule has 0 bridgehead atoms. The van der Waals surface area contributed by atoms with Crippen molar-refractivity contribution in [2.45, 2.75) is 18.9 Å². The molecule has 1 aliphatic carbocycles. The highest BCUT2D eigenvalue weighted by molar-refractivity contribution is 7.86. The van der Waals surface area contributed by atoms with Gasteiger partial charge in [0, 0.05) is 46.3 Å². The van der Waals surface area contributed by atoms with Crippen molar-refractivity contribution < 1.29 is 8.42 Å². The van der Waals surface area contributed by atoms with Crippen molar-refractivity contribution in [3.05, 3.63) is 0 Å². The first-order valence-electron chi connectivity index (χ1n) is 5.43. The van der Waals surface area contributed by atoms with Crippen LogP contribution in [-0.4, -0.2) is 68.2 Å². The minimum Gasteiger partial charge on any atom is -0.298 e. The Hall–Kier alpha value is -0.170. The zero-order valence-corrected chi connectivity index (χ0v) is 10.2. The van der Waals surface area contributed by atoms with Crippen molar-refractivity contribution in [3.8, 4) is 0 Å². The van der Waals surface area contributed by atoms with Gasteiger partial charge in [-0.15, -0.1) is 0 Å². The van der Waals surface area contributed by atoms with Gasteiger partial charge in [0.05, 0.1) is 0 Å². The third-order valence-corrected chi connectivity index (χ3v) is 5.06. The van der Waals surface area contributed by atoms with Crippen LogP contribution in [0, 0.1) is 0 Å². The maximum Gasteiger partial charge on any atom is 0.281 e. The second-order valence-electron chi connectivity index (χ2n) is 4.46. The van der Waals surface area contributed by atoms with Crippen LogP contribution in [0.3, 0.4) is 0 Å². The molecule has 0 aromatic heterocycles. The summed E-state index contributed by atoms with van der Waals surface area (Å²) >= 11 is 0. The molecule has 1 saturated heterocycles. The highest BCUT2D eigenvalue weighted by Crippen LogP contribution is 2.27. The van der Waals surface area contributed by atoms with Crippen molar-refractivity contribution in [2.75, 3.05) is 40.3 Å². The van der Waals surface area contributed by atoms with Crippen LogP contribution >= 0.6 is 0 Å². The first kappa shape index (κ1) is 11.3. The molecule has 15 heavy (non-hydrogen) atoms. The van der Waals surface area contributed by atoms with E-state index in [1.54, 1.807) is 18.4 Å². The summed E-state index contributed by atoms with van der Waals surface area (Å²) in [5.74, 6) is 0. The molecule has 1 aliphatic heterocycles. The van der Waals surface area contributed by atoms with Gasteiger partial charge in [-0.25, -0.2) is 0 Å². The van der Waals surface area contributed by atoms with Crippen molar-refractivity contribution in [3.63, 3.8) is 0 Å². The molecule has 2 rings (SSSR count). The van der Waals surface area contributed by atoms with Crippen molar-refractivity contribution in [2.24, 2.45) is 0 Å². The molecule has 0 amide bonds. The molecular formula is C9H19N3O2S. The molecule has 1 heterocycles. The first-order valence-corrected chi connectivity index (χ1v) is 6.83. The lowest BCUT2D eigenvalue weighted by Gasteiger charge is -2.35. The van der Waals surface area contributed by atoms with E-state index in [4.69, 9.17) is 0 Å². The first-order chi connectivity index (χ1) is 7.01. The van der Waals surface area contributed by atoms with Crippen LogP contribution < -0.4 is 0 Å². The van der Waals surface area contributed by atoms with Gasteiger partial charge in [-0.05, 0) is 12.8 Å². The zero-order chi connectivity index (χ0) is 11.1. The standard InChI is InChI=1S/C9H19N3O2S/c1-10(2)15(13,14)12-7-5-11(6-8-12)9-3-4-9/h9H,3-8H2,1-2H3. The molecule has 0 spiro atoms. The van der Waals surface area contributed by atoms with E-state index in [0.29, 0.717) is 13.1 Å². The van der Waals surface area contributed by atoms with Gasteiger partial charge < -0.3 is 0 Å². The minimum absolute atomic E-state index is 0.636. The van der Waals surface area contributed by atoms with Gasteiger partial charge in [-0.2, -0.15) is 17.0 Å². The molecule has 5 nitrogen and oxygen atoms in total. The van der Waals surface area contributed by atoms with Gasteiger partial charge in [0.2, 0.25) is 0 Å². The summed E-state index contributed by atoms with van der Waals surface area (Å²) in [6, 6.07) is 0.745. The maximum absolute atomic E-state index is 11.8. The van der Waals surface area contributed by atoms with E-state index in [1.807, 2.05) is 0 Å². The summed E-state index contributed by atoms with van der Waals surface area (Å²) in [5, 5.41) is 0. The molecule has 0 aromatic carbocycles.